The molecule has 0 saturated heterocycles. The smallest absolute Gasteiger partial charge is 0.427 e. The van der Waals surface area contributed by atoms with Gasteiger partial charge in [-0.25, -0.2) is 13.4 Å². The van der Waals surface area contributed by atoms with E-state index in [2.05, 4.69) is 4.98 Å². The molecule has 0 saturated carbocycles. The van der Waals surface area contributed by atoms with E-state index in [1.165, 1.54) is 12.1 Å². The highest BCUT2D eigenvalue weighted by Crippen LogP contribution is 2.37. The number of alkyl halides is 6. The van der Waals surface area contributed by atoms with Crippen molar-refractivity contribution in [1.29, 1.82) is 0 Å². The van der Waals surface area contributed by atoms with E-state index in [0.29, 0.717) is 12.3 Å². The van der Waals surface area contributed by atoms with E-state index in [-0.39, 0.29) is 11.3 Å². The van der Waals surface area contributed by atoms with Crippen LogP contribution in [0, 0.1) is 0 Å². The number of benzene rings is 1. The first kappa shape index (κ1) is 20.7. The maximum atomic E-state index is 12.9. The average molecular weight is 411 g/mol. The van der Waals surface area contributed by atoms with Crippen LogP contribution < -0.4 is 4.74 Å². The fourth-order valence-corrected chi connectivity index (χ4v) is 2.79. The molecule has 0 fully saturated rings. The average Bonchev–Trinajstić information content (AvgIpc) is 2.50. The molecule has 0 aliphatic rings. The van der Waals surface area contributed by atoms with E-state index in [9.17, 15) is 34.8 Å². The molecule has 0 aliphatic carbocycles. The number of aromatic nitrogens is 1. The molecule has 2 aromatic rings. The van der Waals surface area contributed by atoms with Gasteiger partial charge in [0.1, 0.15) is 16.2 Å². The Hall–Kier alpha value is -2.56. The molecule has 4 nitrogen and oxygen atoms in total. The first-order valence-electron chi connectivity index (χ1n) is 7.07. The highest BCUT2D eigenvalue weighted by Gasteiger charge is 2.40. The summed E-state index contributed by atoms with van der Waals surface area (Å²) in [5, 5.41) is 0. The lowest BCUT2D eigenvalue weighted by atomic mass is 10.2. The Kier molecular flexibility index (Phi) is 5.55. The Balaban J connectivity index is 2.44. The van der Waals surface area contributed by atoms with Gasteiger partial charge in [-0.3, -0.25) is 0 Å². The minimum absolute atomic E-state index is 0.227. The summed E-state index contributed by atoms with van der Waals surface area (Å²) in [6.07, 6.45) is -8.06. The number of halogens is 6. The highest BCUT2D eigenvalue weighted by molar-refractivity contribution is 7.94. The topological polar surface area (TPSA) is 56.3 Å². The third kappa shape index (κ3) is 5.46. The molecule has 0 radical (unpaired) electrons. The van der Waals surface area contributed by atoms with Crippen LogP contribution in [-0.4, -0.2) is 25.8 Å². The van der Waals surface area contributed by atoms with Gasteiger partial charge >= 0.3 is 12.4 Å². The molecule has 0 N–H and O–H groups in total. The Morgan fingerprint density at radius 2 is 1.74 bits per heavy atom. The lowest BCUT2D eigenvalue weighted by molar-refractivity contribution is -0.138. The van der Waals surface area contributed by atoms with Crippen LogP contribution in [0.25, 0.3) is 6.08 Å². The van der Waals surface area contributed by atoms with Crippen LogP contribution in [0.3, 0.4) is 0 Å². The van der Waals surface area contributed by atoms with Crippen molar-refractivity contribution in [2.24, 2.45) is 0 Å². The van der Waals surface area contributed by atoms with Gasteiger partial charge in [-0.2, -0.15) is 26.3 Å². The number of rotatable bonds is 4. The van der Waals surface area contributed by atoms with E-state index in [1.807, 2.05) is 0 Å². The van der Waals surface area contributed by atoms with Crippen LogP contribution in [-0.2, 0) is 16.0 Å². The highest BCUT2D eigenvalue weighted by atomic mass is 32.2. The molecule has 1 aromatic carbocycles. The Bertz CT molecular complexity index is 965. The van der Waals surface area contributed by atoms with Gasteiger partial charge in [-0.15, -0.1) is 0 Å². The summed E-state index contributed by atoms with van der Waals surface area (Å²) in [5.41, 5.74) is -1.40. The quantitative estimate of drug-likeness (QED) is 0.676. The molecular formula is C16H11F6NO3S. The Labute approximate surface area is 150 Å². The van der Waals surface area contributed by atoms with E-state index in [1.54, 1.807) is 0 Å². The van der Waals surface area contributed by atoms with E-state index < -0.39 is 38.5 Å². The zero-order chi connectivity index (χ0) is 20.5. The predicted octanol–water partition coefficient (Wildman–Crippen LogP) is 4.84. The largest absolute Gasteiger partial charge is 0.438 e. The SMILES string of the molecule is CS(=O)(=O)C(=Cc1cccc(Oc2ncccc2C(F)(F)F)c1)C(F)(F)F. The summed E-state index contributed by atoms with van der Waals surface area (Å²) in [6, 6.07) is 6.29. The van der Waals surface area contributed by atoms with Crippen LogP contribution in [0.1, 0.15) is 11.1 Å². The Morgan fingerprint density at radius 3 is 2.30 bits per heavy atom. The van der Waals surface area contributed by atoms with Crippen LogP contribution in [0.4, 0.5) is 26.3 Å². The van der Waals surface area contributed by atoms with Crippen molar-refractivity contribution in [3.63, 3.8) is 0 Å². The lowest BCUT2D eigenvalue weighted by Crippen LogP contribution is -2.19. The molecule has 2 rings (SSSR count). The fraction of sp³-hybridized carbons (Fsp3) is 0.188. The molecule has 11 heteroatoms. The standard InChI is InChI=1S/C16H11F6NO3S/c1-27(24,25)13(16(20,21)22)9-10-4-2-5-11(8-10)26-14-12(15(17,18)19)6-3-7-23-14/h2-9H,1H3. The molecule has 0 amide bonds. The first-order chi connectivity index (χ1) is 12.3. The van der Waals surface area contributed by atoms with Gasteiger partial charge in [0.15, 0.2) is 9.84 Å². The number of sulfone groups is 1. The van der Waals surface area contributed by atoms with Crippen LogP contribution in [0.5, 0.6) is 11.6 Å². The maximum absolute atomic E-state index is 12.9. The summed E-state index contributed by atoms with van der Waals surface area (Å²) < 4.78 is 105. The molecule has 27 heavy (non-hydrogen) atoms. The predicted molar refractivity (Wildman–Crippen MR) is 84.6 cm³/mol. The van der Waals surface area contributed by atoms with Crippen molar-refractivity contribution < 1.29 is 39.5 Å². The van der Waals surface area contributed by atoms with E-state index >= 15 is 0 Å². The molecule has 0 atom stereocenters. The van der Waals surface area contributed by atoms with Gasteiger partial charge in [0.25, 0.3) is 0 Å². The number of nitrogens with zero attached hydrogens (tertiary/aromatic N) is 1. The molecule has 0 aliphatic heterocycles. The summed E-state index contributed by atoms with van der Waals surface area (Å²) in [4.78, 5) is 1.69. The zero-order valence-electron chi connectivity index (χ0n) is 13.5. The van der Waals surface area contributed by atoms with Gasteiger partial charge in [0, 0.05) is 12.5 Å². The third-order valence-electron chi connectivity index (χ3n) is 3.13. The van der Waals surface area contributed by atoms with Crippen molar-refractivity contribution in [3.05, 3.63) is 58.6 Å². The van der Waals surface area contributed by atoms with Gasteiger partial charge in [-0.05, 0) is 35.9 Å². The summed E-state index contributed by atoms with van der Waals surface area (Å²) in [7, 11) is -4.58. The monoisotopic (exact) mass is 411 g/mol. The Morgan fingerprint density at radius 1 is 1.07 bits per heavy atom. The number of ether oxygens (including phenoxy) is 1. The molecule has 1 heterocycles. The van der Waals surface area contributed by atoms with Gasteiger partial charge in [-0.1, -0.05) is 12.1 Å². The number of allylic oxidation sites excluding steroid dienone is 1. The molecule has 1 aromatic heterocycles. The molecule has 0 spiro atoms. The maximum Gasteiger partial charge on any atom is 0.427 e. The number of hydrogen-bond donors (Lipinski definition) is 0. The molecular weight excluding hydrogens is 400 g/mol. The number of pyridine rings is 1. The van der Waals surface area contributed by atoms with Crippen LogP contribution >= 0.6 is 0 Å². The third-order valence-corrected chi connectivity index (χ3v) is 4.27. The summed E-state index contributed by atoms with van der Waals surface area (Å²) in [6.45, 7) is 0. The van der Waals surface area contributed by atoms with E-state index in [0.717, 1.165) is 30.5 Å². The first-order valence-corrected chi connectivity index (χ1v) is 8.97. The lowest BCUT2D eigenvalue weighted by Gasteiger charge is -2.13. The number of hydrogen-bond acceptors (Lipinski definition) is 4. The summed E-state index contributed by atoms with van der Waals surface area (Å²) in [5.74, 6) is -1.03. The second-order valence-electron chi connectivity index (χ2n) is 5.31. The van der Waals surface area contributed by atoms with Crippen molar-refractivity contribution in [1.82, 2.24) is 4.98 Å². The second kappa shape index (κ2) is 7.22. The normalized spacial score (nSPS) is 13.5. The van der Waals surface area contributed by atoms with Crippen LogP contribution in [0.2, 0.25) is 0 Å². The molecule has 146 valence electrons. The molecule has 0 unspecified atom stereocenters. The van der Waals surface area contributed by atoms with Crippen molar-refractivity contribution in [3.8, 4) is 11.6 Å². The van der Waals surface area contributed by atoms with Crippen molar-refractivity contribution >= 4 is 15.9 Å². The zero-order valence-corrected chi connectivity index (χ0v) is 14.3. The van der Waals surface area contributed by atoms with Gasteiger partial charge < -0.3 is 4.74 Å². The second-order valence-corrected chi connectivity index (χ2v) is 7.29. The fourth-order valence-electron chi connectivity index (χ4n) is 2.02. The van der Waals surface area contributed by atoms with Crippen LogP contribution in [0.15, 0.2) is 47.5 Å². The summed E-state index contributed by atoms with van der Waals surface area (Å²) >= 11 is 0. The van der Waals surface area contributed by atoms with E-state index in [4.69, 9.17) is 4.74 Å². The minimum Gasteiger partial charge on any atom is -0.438 e. The van der Waals surface area contributed by atoms with Crippen molar-refractivity contribution in [2.45, 2.75) is 12.4 Å². The van der Waals surface area contributed by atoms with Gasteiger partial charge in [0.2, 0.25) is 5.88 Å². The van der Waals surface area contributed by atoms with Crippen molar-refractivity contribution in [2.75, 3.05) is 6.26 Å². The van der Waals surface area contributed by atoms with Gasteiger partial charge in [0.05, 0.1) is 0 Å². The molecule has 0 bridgehead atoms. The minimum atomic E-state index is -5.13.